The van der Waals surface area contributed by atoms with E-state index in [-0.39, 0.29) is 36.3 Å². The Labute approximate surface area is 143 Å². The van der Waals surface area contributed by atoms with Gasteiger partial charge in [-0.1, -0.05) is 32.4 Å². The second kappa shape index (κ2) is 8.29. The summed E-state index contributed by atoms with van der Waals surface area (Å²) in [5, 5.41) is 14.9. The van der Waals surface area contributed by atoms with E-state index in [0.29, 0.717) is 6.42 Å². The number of hydrogen-bond acceptors (Lipinski definition) is 3. The fraction of sp³-hybridized carbons (Fsp3) is 0.579. The molecule has 132 valence electrons. The maximum atomic E-state index is 12.4. The Bertz CT molecular complexity index is 555. The van der Waals surface area contributed by atoms with Gasteiger partial charge in [-0.2, -0.15) is 0 Å². The van der Waals surface area contributed by atoms with E-state index in [1.807, 2.05) is 31.2 Å². The molecule has 1 saturated carbocycles. The molecule has 0 saturated heterocycles. The summed E-state index contributed by atoms with van der Waals surface area (Å²) in [5.41, 5.74) is 1.47. The number of aliphatic hydroxyl groups is 1. The molecule has 1 aliphatic carbocycles. The van der Waals surface area contributed by atoms with Crippen molar-refractivity contribution in [3.8, 4) is 0 Å². The molecule has 0 spiro atoms. The first kappa shape index (κ1) is 18.5. The van der Waals surface area contributed by atoms with E-state index < -0.39 is 0 Å². The average molecular weight is 332 g/mol. The van der Waals surface area contributed by atoms with Gasteiger partial charge in [-0.05, 0) is 43.4 Å². The third-order valence-electron chi connectivity index (χ3n) is 5.12. The van der Waals surface area contributed by atoms with Crippen molar-refractivity contribution in [3.63, 3.8) is 0 Å². The van der Waals surface area contributed by atoms with Gasteiger partial charge in [-0.3, -0.25) is 9.59 Å². The summed E-state index contributed by atoms with van der Waals surface area (Å²) in [6, 6.07) is 7.20. The molecular weight excluding hydrogens is 304 g/mol. The number of benzene rings is 1. The fourth-order valence-electron chi connectivity index (χ4n) is 3.06. The van der Waals surface area contributed by atoms with E-state index >= 15 is 0 Å². The van der Waals surface area contributed by atoms with Crippen molar-refractivity contribution in [1.29, 1.82) is 0 Å². The fourth-order valence-corrected chi connectivity index (χ4v) is 3.06. The first-order chi connectivity index (χ1) is 11.5. The topological polar surface area (TPSA) is 78.4 Å². The van der Waals surface area contributed by atoms with Gasteiger partial charge in [0.1, 0.15) is 0 Å². The molecule has 1 aromatic carbocycles. The highest BCUT2D eigenvalue weighted by molar-refractivity contribution is 5.95. The molecule has 24 heavy (non-hydrogen) atoms. The molecule has 0 aromatic heterocycles. The van der Waals surface area contributed by atoms with Crippen LogP contribution in [0.4, 0.5) is 5.69 Å². The van der Waals surface area contributed by atoms with Crippen LogP contribution in [0.3, 0.4) is 0 Å². The first-order valence-electron chi connectivity index (χ1n) is 8.83. The predicted octanol–water partition coefficient (Wildman–Crippen LogP) is 2.63. The van der Waals surface area contributed by atoms with Gasteiger partial charge in [0.2, 0.25) is 11.8 Å². The zero-order valence-corrected chi connectivity index (χ0v) is 14.6. The summed E-state index contributed by atoms with van der Waals surface area (Å²) in [5.74, 6) is 0.00238. The van der Waals surface area contributed by atoms with Crippen LogP contribution < -0.4 is 10.6 Å². The Morgan fingerprint density at radius 2 is 1.88 bits per heavy atom. The zero-order valence-electron chi connectivity index (χ0n) is 14.6. The summed E-state index contributed by atoms with van der Waals surface area (Å²) in [7, 11) is 0. The Morgan fingerprint density at radius 3 is 2.33 bits per heavy atom. The van der Waals surface area contributed by atoms with Gasteiger partial charge < -0.3 is 15.7 Å². The minimum Gasteiger partial charge on any atom is -0.394 e. The lowest BCUT2D eigenvalue weighted by Crippen LogP contribution is -2.41. The third kappa shape index (κ3) is 4.35. The quantitative estimate of drug-likeness (QED) is 0.685. The van der Waals surface area contributed by atoms with Gasteiger partial charge >= 0.3 is 0 Å². The number of anilines is 1. The molecule has 2 amide bonds. The van der Waals surface area contributed by atoms with Crippen LogP contribution in [-0.2, 0) is 16.0 Å². The lowest BCUT2D eigenvalue weighted by molar-refractivity contribution is -0.130. The maximum absolute atomic E-state index is 12.4. The van der Waals surface area contributed by atoms with Crippen molar-refractivity contribution in [2.75, 3.05) is 11.9 Å². The minimum atomic E-state index is -0.191. The Hall–Kier alpha value is -1.88. The summed E-state index contributed by atoms with van der Waals surface area (Å²) < 4.78 is 0. The lowest BCUT2D eigenvalue weighted by Gasteiger charge is -2.39. The molecule has 1 unspecified atom stereocenters. The van der Waals surface area contributed by atoms with Crippen molar-refractivity contribution >= 4 is 17.5 Å². The van der Waals surface area contributed by atoms with Crippen LogP contribution in [0, 0.1) is 5.41 Å². The Balaban J connectivity index is 1.88. The van der Waals surface area contributed by atoms with Crippen LogP contribution in [0.2, 0.25) is 0 Å². The Morgan fingerprint density at radius 1 is 1.21 bits per heavy atom. The molecule has 3 N–H and O–H groups in total. The number of carbonyl (C=O) groups excluding carboxylic acids is 2. The molecule has 2 rings (SSSR count). The predicted molar refractivity (Wildman–Crippen MR) is 94.7 cm³/mol. The highest BCUT2D eigenvalue weighted by Gasteiger charge is 2.42. The number of rotatable bonds is 8. The van der Waals surface area contributed by atoms with Crippen LogP contribution in [0.1, 0.15) is 51.5 Å². The third-order valence-corrected chi connectivity index (χ3v) is 5.12. The molecule has 1 atom stereocenters. The number of aliphatic hydroxyl groups excluding tert-OH is 1. The molecule has 1 aromatic rings. The van der Waals surface area contributed by atoms with Gasteiger partial charge in [0.25, 0.3) is 0 Å². The van der Waals surface area contributed by atoms with Crippen LogP contribution in [0.25, 0.3) is 0 Å². The van der Waals surface area contributed by atoms with Crippen LogP contribution in [-0.4, -0.2) is 29.6 Å². The second-order valence-electron chi connectivity index (χ2n) is 6.67. The monoisotopic (exact) mass is 332 g/mol. The van der Waals surface area contributed by atoms with Gasteiger partial charge in [0, 0.05) is 11.1 Å². The molecule has 0 radical (unpaired) electrons. The summed E-state index contributed by atoms with van der Waals surface area (Å²) in [6.07, 6.45) is 4.91. The summed E-state index contributed by atoms with van der Waals surface area (Å²) in [6.45, 7) is 3.94. The molecule has 1 fully saturated rings. The smallest absolute Gasteiger partial charge is 0.230 e. The number of amides is 2. The molecule has 5 nitrogen and oxygen atoms in total. The van der Waals surface area contributed by atoms with E-state index in [9.17, 15) is 9.59 Å². The number of nitrogens with one attached hydrogen (secondary N) is 2. The van der Waals surface area contributed by atoms with Gasteiger partial charge in [0.15, 0.2) is 0 Å². The maximum Gasteiger partial charge on any atom is 0.230 e. The second-order valence-corrected chi connectivity index (χ2v) is 6.67. The van der Waals surface area contributed by atoms with Crippen LogP contribution in [0.15, 0.2) is 24.3 Å². The van der Waals surface area contributed by atoms with E-state index in [1.165, 1.54) is 0 Å². The van der Waals surface area contributed by atoms with Crippen LogP contribution in [0.5, 0.6) is 0 Å². The number of carbonyl (C=O) groups is 2. The Kier molecular flexibility index (Phi) is 6.37. The SMILES string of the molecule is CCC(CO)NC(=O)Cc1ccc(NC(=O)C2(CC)CCC2)cc1. The van der Waals surface area contributed by atoms with E-state index in [2.05, 4.69) is 17.6 Å². The lowest BCUT2D eigenvalue weighted by atomic mass is 9.66. The van der Waals surface area contributed by atoms with Crippen LogP contribution >= 0.6 is 0 Å². The van der Waals surface area contributed by atoms with Crippen molar-refractivity contribution < 1.29 is 14.7 Å². The van der Waals surface area contributed by atoms with Gasteiger partial charge in [-0.15, -0.1) is 0 Å². The van der Waals surface area contributed by atoms with Crippen molar-refractivity contribution in [1.82, 2.24) is 5.32 Å². The molecule has 5 heteroatoms. The summed E-state index contributed by atoms with van der Waals surface area (Å²) in [4.78, 5) is 24.3. The minimum absolute atomic E-state index is 0.0492. The van der Waals surface area contributed by atoms with E-state index in [4.69, 9.17) is 5.11 Å². The largest absolute Gasteiger partial charge is 0.394 e. The molecule has 0 bridgehead atoms. The van der Waals surface area contributed by atoms with Crippen molar-refractivity contribution in [3.05, 3.63) is 29.8 Å². The average Bonchev–Trinajstić information content (AvgIpc) is 2.54. The molecule has 1 aliphatic rings. The van der Waals surface area contributed by atoms with Gasteiger partial charge in [-0.25, -0.2) is 0 Å². The van der Waals surface area contributed by atoms with Gasteiger partial charge in [0.05, 0.1) is 19.1 Å². The van der Waals surface area contributed by atoms with E-state index in [0.717, 1.165) is 36.9 Å². The molecule has 0 heterocycles. The summed E-state index contributed by atoms with van der Waals surface area (Å²) >= 11 is 0. The standard InChI is InChI=1S/C19H28N2O3/c1-3-15(13-22)20-17(23)12-14-6-8-16(9-7-14)21-18(24)19(4-2)10-5-11-19/h6-9,15,22H,3-5,10-13H2,1-2H3,(H,20,23)(H,21,24). The first-order valence-corrected chi connectivity index (χ1v) is 8.83. The molecular formula is C19H28N2O3. The normalized spacial score (nSPS) is 16.8. The highest BCUT2D eigenvalue weighted by Crippen LogP contribution is 2.44. The number of hydrogen-bond donors (Lipinski definition) is 3. The zero-order chi connectivity index (χ0) is 17.6. The highest BCUT2D eigenvalue weighted by atomic mass is 16.3. The van der Waals surface area contributed by atoms with E-state index in [1.54, 1.807) is 0 Å². The van der Waals surface area contributed by atoms with Crippen molar-refractivity contribution in [2.24, 2.45) is 5.41 Å². The molecule has 0 aliphatic heterocycles. The van der Waals surface area contributed by atoms with Crippen molar-refractivity contribution in [2.45, 2.75) is 58.4 Å².